The van der Waals surface area contributed by atoms with Gasteiger partial charge >= 0.3 is 0 Å². The summed E-state index contributed by atoms with van der Waals surface area (Å²) in [6.45, 7) is 4.91. The highest BCUT2D eigenvalue weighted by Gasteiger charge is 2.53. The van der Waals surface area contributed by atoms with Gasteiger partial charge < -0.3 is 10.0 Å². The molecule has 0 unspecified atom stereocenters. The number of aliphatic hydroxyl groups is 1. The van der Waals surface area contributed by atoms with Gasteiger partial charge in [-0.25, -0.2) is 0 Å². The highest BCUT2D eigenvalue weighted by Crippen LogP contribution is 2.48. The lowest BCUT2D eigenvalue weighted by atomic mass is 9.75. The van der Waals surface area contributed by atoms with Crippen LogP contribution in [0.4, 0.5) is 0 Å². The van der Waals surface area contributed by atoms with Crippen molar-refractivity contribution < 1.29 is 18.3 Å². The fourth-order valence-electron chi connectivity index (χ4n) is 3.88. The predicted octanol–water partition coefficient (Wildman–Crippen LogP) is -0.122. The Bertz CT molecular complexity index is 540. The summed E-state index contributed by atoms with van der Waals surface area (Å²) in [5, 5.41) is 9.71. The molecule has 1 atom stereocenters. The van der Waals surface area contributed by atoms with Crippen LogP contribution in [0.5, 0.6) is 0 Å². The van der Waals surface area contributed by atoms with Crippen molar-refractivity contribution in [3.63, 3.8) is 0 Å². The minimum Gasteiger partial charge on any atom is -0.394 e. The smallest absolute Gasteiger partial charge is 0.281 e. The molecule has 2 rings (SSSR count). The molecular formula is C14H27N3O4S. The number of amides is 1. The summed E-state index contributed by atoms with van der Waals surface area (Å²) < 4.78 is 27.1. The first-order valence-electron chi connectivity index (χ1n) is 7.63. The van der Waals surface area contributed by atoms with Gasteiger partial charge in [-0.2, -0.15) is 17.0 Å². The second-order valence-corrected chi connectivity index (χ2v) is 9.27. The topological polar surface area (TPSA) is 81.2 Å². The molecule has 0 saturated carbocycles. The van der Waals surface area contributed by atoms with E-state index in [2.05, 4.69) is 0 Å². The number of piperidine rings is 1. The molecule has 0 radical (unpaired) electrons. The Labute approximate surface area is 133 Å². The van der Waals surface area contributed by atoms with Crippen LogP contribution in [0.15, 0.2) is 0 Å². The van der Waals surface area contributed by atoms with E-state index in [0.717, 1.165) is 19.3 Å². The summed E-state index contributed by atoms with van der Waals surface area (Å²) in [7, 11) is -0.299. The van der Waals surface area contributed by atoms with Gasteiger partial charge in [-0.15, -0.1) is 0 Å². The van der Waals surface area contributed by atoms with Crippen molar-refractivity contribution in [1.82, 2.24) is 13.5 Å². The number of nitrogens with zero attached hydrogens (tertiary/aromatic N) is 3. The Kier molecular flexibility index (Phi) is 4.60. The molecule has 2 aliphatic heterocycles. The first kappa shape index (κ1) is 17.7. The Hall–Kier alpha value is -0.700. The molecule has 2 saturated heterocycles. The van der Waals surface area contributed by atoms with Gasteiger partial charge in [0.2, 0.25) is 5.91 Å². The zero-order valence-electron chi connectivity index (χ0n) is 13.9. The van der Waals surface area contributed by atoms with Crippen molar-refractivity contribution in [3.05, 3.63) is 0 Å². The number of likely N-dealkylation sites (tertiary alicyclic amines) is 1. The molecule has 2 fully saturated rings. The Balaban J connectivity index is 2.13. The second-order valence-electron chi connectivity index (χ2n) is 7.13. The van der Waals surface area contributed by atoms with Crippen LogP contribution in [-0.2, 0) is 15.0 Å². The largest absolute Gasteiger partial charge is 0.394 e. The quantitative estimate of drug-likeness (QED) is 0.781. The third-order valence-electron chi connectivity index (χ3n) is 5.19. The van der Waals surface area contributed by atoms with E-state index in [1.54, 1.807) is 4.90 Å². The van der Waals surface area contributed by atoms with Crippen molar-refractivity contribution in [2.24, 2.45) is 5.41 Å². The van der Waals surface area contributed by atoms with Gasteiger partial charge in [0.25, 0.3) is 10.2 Å². The molecule has 1 N–H and O–H groups in total. The molecular weight excluding hydrogens is 306 g/mol. The Morgan fingerprint density at radius 3 is 2.18 bits per heavy atom. The van der Waals surface area contributed by atoms with Crippen molar-refractivity contribution in [1.29, 1.82) is 0 Å². The lowest BCUT2D eigenvalue weighted by Gasteiger charge is -2.39. The zero-order valence-corrected chi connectivity index (χ0v) is 14.7. The molecule has 8 heteroatoms. The first-order chi connectivity index (χ1) is 10.1. The molecule has 0 aromatic rings. The number of carbonyl (C=O) groups excluding carboxylic acids is 1. The minimum atomic E-state index is -3.37. The molecule has 22 heavy (non-hydrogen) atoms. The van der Waals surface area contributed by atoms with Crippen LogP contribution < -0.4 is 0 Å². The fraction of sp³-hybridized carbons (Fsp3) is 0.929. The van der Waals surface area contributed by atoms with Crippen LogP contribution in [0.25, 0.3) is 0 Å². The van der Waals surface area contributed by atoms with Gasteiger partial charge in [-0.05, 0) is 31.6 Å². The molecule has 0 aromatic carbocycles. The maximum atomic E-state index is 12.2. The predicted molar refractivity (Wildman–Crippen MR) is 83.3 cm³/mol. The standard InChI is InChI=1S/C14H27N3O4S/c1-12(19)17-10-14(9-13(17,2)11-18)5-7-16(8-6-14)22(20,21)15(3)4/h18H,5-11H2,1-4H3/t13-/m1/s1. The van der Waals surface area contributed by atoms with Crippen LogP contribution in [0.3, 0.4) is 0 Å². The van der Waals surface area contributed by atoms with E-state index in [9.17, 15) is 18.3 Å². The SMILES string of the molecule is CC(=O)N1CC2(CCN(S(=O)(=O)N(C)C)CC2)C[C@]1(C)CO. The average Bonchev–Trinajstić information content (AvgIpc) is 2.73. The van der Waals surface area contributed by atoms with E-state index >= 15 is 0 Å². The van der Waals surface area contributed by atoms with Crippen LogP contribution in [0, 0.1) is 5.41 Å². The molecule has 1 spiro atoms. The summed E-state index contributed by atoms with van der Waals surface area (Å²) in [5.74, 6) is -0.0308. The molecule has 1 amide bonds. The highest BCUT2D eigenvalue weighted by molar-refractivity contribution is 7.86. The lowest BCUT2D eigenvalue weighted by molar-refractivity contribution is -0.134. The van der Waals surface area contributed by atoms with Crippen LogP contribution in [0.1, 0.15) is 33.1 Å². The number of hydrogen-bond acceptors (Lipinski definition) is 4. The molecule has 128 valence electrons. The fourth-order valence-corrected chi connectivity index (χ4v) is 4.98. The monoisotopic (exact) mass is 333 g/mol. The minimum absolute atomic E-state index is 0.0308. The summed E-state index contributed by atoms with van der Waals surface area (Å²) in [5.41, 5.74) is -0.615. The maximum absolute atomic E-state index is 12.2. The van der Waals surface area contributed by atoms with Gasteiger partial charge in [0, 0.05) is 40.7 Å². The van der Waals surface area contributed by atoms with Gasteiger partial charge in [0.05, 0.1) is 12.1 Å². The summed E-state index contributed by atoms with van der Waals surface area (Å²) in [6.07, 6.45) is 2.17. The van der Waals surface area contributed by atoms with Crippen LogP contribution in [0.2, 0.25) is 0 Å². The van der Waals surface area contributed by atoms with Crippen LogP contribution >= 0.6 is 0 Å². The van der Waals surface area contributed by atoms with Crippen molar-refractivity contribution in [2.75, 3.05) is 40.3 Å². The number of carbonyl (C=O) groups is 1. The number of aliphatic hydroxyl groups excluding tert-OH is 1. The third-order valence-corrected chi connectivity index (χ3v) is 7.13. The van der Waals surface area contributed by atoms with Crippen molar-refractivity contribution in [3.8, 4) is 0 Å². The first-order valence-corrected chi connectivity index (χ1v) is 9.03. The van der Waals surface area contributed by atoms with Gasteiger partial charge in [-0.1, -0.05) is 0 Å². The van der Waals surface area contributed by atoms with E-state index < -0.39 is 15.7 Å². The number of hydrogen-bond donors (Lipinski definition) is 1. The van der Waals surface area contributed by atoms with E-state index in [1.165, 1.54) is 29.6 Å². The van der Waals surface area contributed by atoms with E-state index in [0.29, 0.717) is 19.6 Å². The van der Waals surface area contributed by atoms with Gasteiger partial charge in [0.1, 0.15) is 0 Å². The zero-order chi connectivity index (χ0) is 16.8. The Morgan fingerprint density at radius 1 is 1.27 bits per heavy atom. The summed E-state index contributed by atoms with van der Waals surface area (Å²) in [6, 6.07) is 0. The normalized spacial score (nSPS) is 29.5. The summed E-state index contributed by atoms with van der Waals surface area (Å²) in [4.78, 5) is 13.6. The molecule has 0 aromatic heterocycles. The van der Waals surface area contributed by atoms with Gasteiger partial charge in [0.15, 0.2) is 0 Å². The lowest BCUT2D eigenvalue weighted by Crippen LogP contribution is -2.48. The van der Waals surface area contributed by atoms with E-state index in [1.807, 2.05) is 6.92 Å². The van der Waals surface area contributed by atoms with Crippen molar-refractivity contribution >= 4 is 16.1 Å². The highest BCUT2D eigenvalue weighted by atomic mass is 32.2. The molecule has 2 heterocycles. The van der Waals surface area contributed by atoms with Gasteiger partial charge in [-0.3, -0.25) is 4.79 Å². The Morgan fingerprint density at radius 2 is 1.82 bits per heavy atom. The van der Waals surface area contributed by atoms with Crippen molar-refractivity contribution in [2.45, 2.75) is 38.6 Å². The molecule has 7 nitrogen and oxygen atoms in total. The second kappa shape index (κ2) is 5.74. The average molecular weight is 333 g/mol. The number of rotatable bonds is 3. The molecule has 0 bridgehead atoms. The third kappa shape index (κ3) is 2.89. The summed E-state index contributed by atoms with van der Waals surface area (Å²) >= 11 is 0. The maximum Gasteiger partial charge on any atom is 0.281 e. The molecule has 0 aliphatic carbocycles. The van der Waals surface area contributed by atoms with E-state index in [-0.39, 0.29) is 17.9 Å². The molecule has 2 aliphatic rings. The van der Waals surface area contributed by atoms with E-state index in [4.69, 9.17) is 0 Å². The van der Waals surface area contributed by atoms with Crippen LogP contribution in [-0.4, -0.2) is 78.8 Å².